The number of para-hydroxylation sites is 2. The molecule has 0 spiro atoms. The highest BCUT2D eigenvalue weighted by Crippen LogP contribution is 2.42. The summed E-state index contributed by atoms with van der Waals surface area (Å²) in [6.45, 7) is 11.5. The van der Waals surface area contributed by atoms with Crippen LogP contribution in [-0.2, 0) is 40.3 Å². The second-order valence-electron chi connectivity index (χ2n) is 18.3. The van der Waals surface area contributed by atoms with Crippen LogP contribution in [0.3, 0.4) is 0 Å². The summed E-state index contributed by atoms with van der Waals surface area (Å²) in [6, 6.07) is 28.3. The fourth-order valence-corrected chi connectivity index (χ4v) is 9.04. The number of benzene rings is 5. The maximum Gasteiger partial charge on any atom is 0.414 e. The number of aryl methyl sites for hydroxylation is 1. The summed E-state index contributed by atoms with van der Waals surface area (Å²) in [5.41, 5.74) is 7.93. The Labute approximate surface area is 397 Å². The second kappa shape index (κ2) is 19.7. The molecule has 14 nitrogen and oxygen atoms in total. The van der Waals surface area contributed by atoms with Gasteiger partial charge in [-0.3, -0.25) is 34.3 Å². The van der Waals surface area contributed by atoms with E-state index < -0.39 is 11.7 Å². The van der Waals surface area contributed by atoms with Gasteiger partial charge >= 0.3 is 6.09 Å². The Bertz CT molecular complexity index is 2800. The summed E-state index contributed by atoms with van der Waals surface area (Å²) in [6.07, 6.45) is 5.41. The van der Waals surface area contributed by atoms with Crippen LogP contribution in [0.5, 0.6) is 17.2 Å². The number of carbonyl (C=O) groups is 3. The molecule has 352 valence electrons. The summed E-state index contributed by atoms with van der Waals surface area (Å²) < 4.78 is 36.3. The molecule has 9 rings (SSSR count). The molecule has 0 unspecified atom stereocenters. The third kappa shape index (κ3) is 9.70. The third-order valence-electron chi connectivity index (χ3n) is 12.2. The Balaban J connectivity index is 1.00. The van der Waals surface area contributed by atoms with Crippen molar-refractivity contribution in [1.29, 1.82) is 0 Å². The molecule has 5 aromatic carbocycles. The minimum absolute atomic E-state index is 0.0543. The van der Waals surface area contributed by atoms with Crippen LogP contribution in [0.4, 0.5) is 33.2 Å². The average molecular weight is 920 g/mol. The molecular formula is C54H57N5O9. The number of ether oxygens (including phenoxy) is 6. The number of carbonyl (C=O) groups excluding carboxylic acids is 3. The highest BCUT2D eigenvalue weighted by atomic mass is 16.6. The molecule has 0 aromatic heterocycles. The van der Waals surface area contributed by atoms with Gasteiger partial charge in [-0.1, -0.05) is 43.3 Å². The smallest absolute Gasteiger partial charge is 0.414 e. The van der Waals surface area contributed by atoms with Gasteiger partial charge in [0.15, 0.2) is 11.5 Å². The molecule has 68 heavy (non-hydrogen) atoms. The predicted molar refractivity (Wildman–Crippen MR) is 263 cm³/mol. The molecule has 4 aliphatic heterocycles. The van der Waals surface area contributed by atoms with Gasteiger partial charge in [0.05, 0.1) is 68.1 Å². The molecule has 0 bridgehead atoms. The molecule has 0 N–H and O–H groups in total. The van der Waals surface area contributed by atoms with Crippen LogP contribution in [0.15, 0.2) is 101 Å². The number of rotatable bonds is 16. The number of hydrogen-bond donors (Lipinski definition) is 0. The largest absolute Gasteiger partial charge is 0.493 e. The van der Waals surface area contributed by atoms with Gasteiger partial charge in [0.2, 0.25) is 0 Å². The number of aliphatic imine (C=N–C) groups is 2. The van der Waals surface area contributed by atoms with Crippen molar-refractivity contribution in [1.82, 2.24) is 0 Å². The van der Waals surface area contributed by atoms with Gasteiger partial charge in [-0.2, -0.15) is 0 Å². The average Bonchev–Trinajstić information content (AvgIpc) is 3.81. The minimum atomic E-state index is -0.770. The zero-order valence-corrected chi connectivity index (χ0v) is 39.5. The number of fused-ring (bicyclic) bond motifs is 8. The highest BCUT2D eigenvalue weighted by molar-refractivity contribution is 6.15. The Hall–Kier alpha value is -7.03. The number of nitrogens with zero attached hydrogens (tertiary/aromatic N) is 5. The first-order valence-corrected chi connectivity index (χ1v) is 23.2. The van der Waals surface area contributed by atoms with Gasteiger partial charge in [0.25, 0.3) is 11.8 Å². The quantitative estimate of drug-likeness (QED) is 0.0885. The molecule has 2 atom stereocenters. The SMILES string of the molecule is CCCOCCOCCN(C(=O)OC(C)(C)C)c1cc(COc2cc3c(cc2C)C(=O)N2c4ccccc4C[C@H]2C=N3)cc(COc2cc3c(cc2OC)C(=O)N2c4ccccc4C[C@H]2C=N3)c1. The summed E-state index contributed by atoms with van der Waals surface area (Å²) >= 11 is 0. The fourth-order valence-electron chi connectivity index (χ4n) is 9.04. The van der Waals surface area contributed by atoms with Crippen molar-refractivity contribution in [2.45, 2.75) is 84.8 Å². The van der Waals surface area contributed by atoms with E-state index in [4.69, 9.17) is 38.4 Å². The van der Waals surface area contributed by atoms with E-state index in [2.05, 4.69) is 6.07 Å². The van der Waals surface area contributed by atoms with E-state index in [-0.39, 0.29) is 50.3 Å². The van der Waals surface area contributed by atoms with Gasteiger partial charge < -0.3 is 28.4 Å². The van der Waals surface area contributed by atoms with E-state index in [1.54, 1.807) is 21.9 Å². The van der Waals surface area contributed by atoms with Crippen molar-refractivity contribution in [2.75, 3.05) is 54.8 Å². The van der Waals surface area contributed by atoms with Crippen molar-refractivity contribution < 1.29 is 42.8 Å². The summed E-state index contributed by atoms with van der Waals surface area (Å²) in [5.74, 6) is 1.07. The first-order chi connectivity index (χ1) is 32.9. The molecule has 14 heteroatoms. The van der Waals surface area contributed by atoms with Crippen molar-refractivity contribution in [2.24, 2.45) is 9.98 Å². The summed E-state index contributed by atoms with van der Waals surface area (Å²) in [4.78, 5) is 56.9. The van der Waals surface area contributed by atoms with Crippen LogP contribution >= 0.6 is 0 Å². The first-order valence-electron chi connectivity index (χ1n) is 23.2. The van der Waals surface area contributed by atoms with Crippen molar-refractivity contribution in [3.8, 4) is 17.2 Å². The molecule has 0 aliphatic carbocycles. The second-order valence-corrected chi connectivity index (χ2v) is 18.3. The van der Waals surface area contributed by atoms with Crippen LogP contribution in [0.1, 0.15) is 82.6 Å². The topological polar surface area (TPSA) is 141 Å². The molecule has 0 saturated heterocycles. The number of hydrogen-bond acceptors (Lipinski definition) is 11. The maximum atomic E-state index is 14.1. The first kappa shape index (κ1) is 46.1. The Morgan fingerprint density at radius 3 is 1.81 bits per heavy atom. The van der Waals surface area contributed by atoms with Crippen LogP contribution in [0.25, 0.3) is 0 Å². The Morgan fingerprint density at radius 1 is 0.691 bits per heavy atom. The van der Waals surface area contributed by atoms with E-state index in [0.29, 0.717) is 83.7 Å². The summed E-state index contributed by atoms with van der Waals surface area (Å²) in [7, 11) is 1.54. The lowest BCUT2D eigenvalue weighted by Gasteiger charge is -2.28. The van der Waals surface area contributed by atoms with E-state index in [1.165, 1.54) is 7.11 Å². The molecule has 0 fully saturated rings. The van der Waals surface area contributed by atoms with E-state index in [9.17, 15) is 14.4 Å². The fraction of sp³-hybridized carbons (Fsp3) is 0.352. The van der Waals surface area contributed by atoms with Crippen LogP contribution in [0.2, 0.25) is 0 Å². The lowest BCUT2D eigenvalue weighted by Crippen LogP contribution is -2.39. The van der Waals surface area contributed by atoms with E-state index >= 15 is 0 Å². The van der Waals surface area contributed by atoms with Crippen molar-refractivity contribution >= 4 is 58.8 Å². The number of methoxy groups -OCH3 is 1. The standard InChI is InChI=1S/C54H57N5O9/c1-7-17-64-19-20-65-18-16-57(53(62)68-54(3,4)5)39-23-35(32-66-48-28-44-42(21-34(48)2)51(60)58-40(30-55-44)25-37-12-8-10-14-46(37)58)22-36(24-39)33-67-50-29-45-43(27-49(50)63-6)52(61)59-41(31-56-45)26-38-13-9-11-15-47(38)59/h8-15,21-24,27-31,40-41H,7,16-20,25-26,32-33H2,1-6H3/t40-,41-/m0/s1. The molecule has 0 saturated carbocycles. The molecular weight excluding hydrogens is 863 g/mol. The molecule has 4 aliphatic rings. The van der Waals surface area contributed by atoms with E-state index in [0.717, 1.165) is 40.0 Å². The lowest BCUT2D eigenvalue weighted by atomic mass is 10.1. The van der Waals surface area contributed by atoms with Crippen LogP contribution in [0, 0.1) is 6.92 Å². The van der Waals surface area contributed by atoms with E-state index in [1.807, 2.05) is 125 Å². The lowest BCUT2D eigenvalue weighted by molar-refractivity contribution is 0.0447. The third-order valence-corrected chi connectivity index (χ3v) is 12.2. The zero-order chi connectivity index (χ0) is 47.5. The number of amides is 3. The van der Waals surface area contributed by atoms with Crippen LogP contribution < -0.4 is 28.9 Å². The molecule has 3 amide bonds. The Morgan fingerprint density at radius 2 is 1.24 bits per heavy atom. The van der Waals surface area contributed by atoms with Crippen molar-refractivity contribution in [3.63, 3.8) is 0 Å². The normalized spacial score (nSPS) is 16.5. The summed E-state index contributed by atoms with van der Waals surface area (Å²) in [5, 5.41) is 0. The number of anilines is 3. The van der Waals surface area contributed by atoms with Gasteiger partial charge in [-0.25, -0.2) is 4.79 Å². The zero-order valence-electron chi connectivity index (χ0n) is 39.5. The molecule has 0 radical (unpaired) electrons. The van der Waals surface area contributed by atoms with Gasteiger partial charge in [0, 0.05) is 61.1 Å². The minimum Gasteiger partial charge on any atom is -0.493 e. The molecule has 4 heterocycles. The van der Waals surface area contributed by atoms with Gasteiger partial charge in [-0.15, -0.1) is 0 Å². The predicted octanol–water partition coefficient (Wildman–Crippen LogP) is 9.92. The maximum absolute atomic E-state index is 14.1. The van der Waals surface area contributed by atoms with Gasteiger partial charge in [0.1, 0.15) is 24.6 Å². The monoisotopic (exact) mass is 919 g/mol. The van der Waals surface area contributed by atoms with Gasteiger partial charge in [-0.05, 0) is 104 Å². The Kier molecular flexibility index (Phi) is 13.3. The van der Waals surface area contributed by atoms with Crippen LogP contribution in [-0.4, -0.2) is 88.1 Å². The highest BCUT2D eigenvalue weighted by Gasteiger charge is 2.38. The van der Waals surface area contributed by atoms with Crippen molar-refractivity contribution in [3.05, 3.63) is 130 Å². The molecule has 5 aromatic rings.